The summed E-state index contributed by atoms with van der Waals surface area (Å²) in [5.74, 6) is -0.405. The molecule has 1 aromatic carbocycles. The Bertz CT molecular complexity index is 481. The average molecular weight is 365 g/mol. The average Bonchev–Trinajstić information content (AvgIpc) is 2.33. The number of carbonyl (C=O) groups is 2. The number of anilines is 1. The molecule has 0 unspecified atom stereocenters. The number of aryl methyl sites for hydroxylation is 1. The zero-order valence-corrected chi connectivity index (χ0v) is 13.8. The van der Waals surface area contributed by atoms with E-state index in [2.05, 4.69) is 26.6 Å². The highest BCUT2D eigenvalue weighted by molar-refractivity contribution is 9.10. The molecule has 1 atom stereocenters. The van der Waals surface area contributed by atoms with Gasteiger partial charge in [0.2, 0.25) is 11.8 Å². The Morgan fingerprint density at radius 3 is 2.65 bits per heavy atom. The minimum absolute atomic E-state index is 0. The Morgan fingerprint density at radius 2 is 2.05 bits per heavy atom. The molecule has 0 aliphatic heterocycles. The van der Waals surface area contributed by atoms with Crippen LogP contribution in [0.15, 0.2) is 22.7 Å². The van der Waals surface area contributed by atoms with Gasteiger partial charge in [0.25, 0.3) is 0 Å². The van der Waals surface area contributed by atoms with Crippen molar-refractivity contribution in [2.75, 3.05) is 11.9 Å². The van der Waals surface area contributed by atoms with E-state index >= 15 is 0 Å². The van der Waals surface area contributed by atoms with E-state index < -0.39 is 6.04 Å². The van der Waals surface area contributed by atoms with Crippen LogP contribution in [0.3, 0.4) is 0 Å². The first-order valence-electron chi connectivity index (χ1n) is 5.99. The Kier molecular flexibility index (Phi) is 8.45. The third kappa shape index (κ3) is 6.36. The van der Waals surface area contributed by atoms with Gasteiger partial charge in [-0.3, -0.25) is 9.59 Å². The van der Waals surface area contributed by atoms with E-state index in [9.17, 15) is 9.59 Å². The fourth-order valence-electron chi connectivity index (χ4n) is 1.40. The molecule has 0 heterocycles. The van der Waals surface area contributed by atoms with Gasteiger partial charge < -0.3 is 16.4 Å². The van der Waals surface area contributed by atoms with Gasteiger partial charge in [0, 0.05) is 23.1 Å². The second kappa shape index (κ2) is 8.94. The largest absolute Gasteiger partial charge is 0.354 e. The molecule has 0 aromatic heterocycles. The molecule has 0 saturated heterocycles. The molecule has 0 radical (unpaired) electrons. The molecular weight excluding hydrogens is 346 g/mol. The van der Waals surface area contributed by atoms with Crippen LogP contribution in [0.1, 0.15) is 18.9 Å². The van der Waals surface area contributed by atoms with E-state index in [1.165, 1.54) is 0 Å². The van der Waals surface area contributed by atoms with Crippen molar-refractivity contribution in [3.05, 3.63) is 28.2 Å². The molecule has 4 N–H and O–H groups in total. The molecular formula is C13H19BrClN3O2. The first kappa shape index (κ1) is 18.9. The van der Waals surface area contributed by atoms with E-state index in [-0.39, 0.29) is 37.2 Å². The second-order valence-corrected chi connectivity index (χ2v) is 5.25. The normalized spacial score (nSPS) is 11.2. The summed E-state index contributed by atoms with van der Waals surface area (Å²) in [6, 6.07) is 5.11. The van der Waals surface area contributed by atoms with Gasteiger partial charge in [-0.1, -0.05) is 22.0 Å². The second-order valence-electron chi connectivity index (χ2n) is 4.34. The molecule has 1 aromatic rings. The van der Waals surface area contributed by atoms with Gasteiger partial charge in [0.05, 0.1) is 6.04 Å². The van der Waals surface area contributed by atoms with E-state index in [0.717, 1.165) is 15.7 Å². The van der Waals surface area contributed by atoms with Crippen LogP contribution in [-0.2, 0) is 9.59 Å². The summed E-state index contributed by atoms with van der Waals surface area (Å²) in [7, 11) is 0. The number of nitrogens with two attached hydrogens (primary N) is 1. The summed E-state index contributed by atoms with van der Waals surface area (Å²) >= 11 is 3.35. The van der Waals surface area contributed by atoms with Crippen LogP contribution in [0.2, 0.25) is 0 Å². The molecule has 20 heavy (non-hydrogen) atoms. The molecule has 2 amide bonds. The van der Waals surface area contributed by atoms with Crippen LogP contribution in [0, 0.1) is 6.92 Å². The van der Waals surface area contributed by atoms with Crippen LogP contribution in [-0.4, -0.2) is 24.4 Å². The molecule has 0 spiro atoms. The van der Waals surface area contributed by atoms with Gasteiger partial charge in [-0.25, -0.2) is 0 Å². The molecule has 112 valence electrons. The van der Waals surface area contributed by atoms with Gasteiger partial charge in [-0.2, -0.15) is 0 Å². The lowest BCUT2D eigenvalue weighted by Crippen LogP contribution is -2.39. The molecule has 0 fully saturated rings. The molecule has 7 heteroatoms. The maximum Gasteiger partial charge on any atom is 0.236 e. The maximum absolute atomic E-state index is 11.7. The number of benzene rings is 1. The minimum Gasteiger partial charge on any atom is -0.354 e. The molecule has 0 aliphatic carbocycles. The van der Waals surface area contributed by atoms with Crippen LogP contribution < -0.4 is 16.4 Å². The molecule has 0 aliphatic rings. The monoisotopic (exact) mass is 363 g/mol. The quantitative estimate of drug-likeness (QED) is 0.747. The Hall–Kier alpha value is -1.11. The first-order chi connectivity index (χ1) is 8.90. The number of carbonyl (C=O) groups excluding carboxylic acids is 2. The minimum atomic E-state index is -0.560. The van der Waals surface area contributed by atoms with Crippen molar-refractivity contribution in [3.8, 4) is 0 Å². The van der Waals surface area contributed by atoms with Crippen molar-refractivity contribution < 1.29 is 9.59 Å². The van der Waals surface area contributed by atoms with Crippen LogP contribution in [0.5, 0.6) is 0 Å². The van der Waals surface area contributed by atoms with Crippen molar-refractivity contribution in [2.24, 2.45) is 5.73 Å². The summed E-state index contributed by atoms with van der Waals surface area (Å²) in [6.45, 7) is 3.79. The Labute approximate surface area is 133 Å². The highest BCUT2D eigenvalue weighted by Crippen LogP contribution is 2.20. The number of rotatable bonds is 5. The van der Waals surface area contributed by atoms with Gasteiger partial charge in [-0.15, -0.1) is 12.4 Å². The van der Waals surface area contributed by atoms with Gasteiger partial charge in [-0.05, 0) is 31.5 Å². The topological polar surface area (TPSA) is 84.2 Å². The molecule has 5 nitrogen and oxygen atoms in total. The number of hydrogen-bond acceptors (Lipinski definition) is 3. The van der Waals surface area contributed by atoms with E-state index in [4.69, 9.17) is 5.73 Å². The van der Waals surface area contributed by atoms with Crippen LogP contribution in [0.4, 0.5) is 5.69 Å². The number of nitrogens with one attached hydrogen (secondary N) is 2. The standard InChI is InChI=1S/C13H18BrN3O2.ClH/c1-8-3-4-10(14)7-11(8)17-12(18)5-6-16-13(19)9(2)15;/h3-4,7,9H,5-6,15H2,1-2H3,(H,16,19)(H,17,18);1H/t9-;/m1./s1. The lowest BCUT2D eigenvalue weighted by molar-refractivity contribution is -0.122. The Balaban J connectivity index is 0.00000361. The van der Waals surface area contributed by atoms with Crippen LogP contribution >= 0.6 is 28.3 Å². The molecule has 0 bridgehead atoms. The molecule has 0 saturated carbocycles. The number of halogens is 2. The van der Waals surface area contributed by atoms with Gasteiger partial charge in [0.1, 0.15) is 0 Å². The summed E-state index contributed by atoms with van der Waals surface area (Å²) in [6.07, 6.45) is 0.213. The summed E-state index contributed by atoms with van der Waals surface area (Å²) in [5, 5.41) is 5.39. The predicted molar refractivity (Wildman–Crippen MR) is 86.0 cm³/mol. The lowest BCUT2D eigenvalue weighted by atomic mass is 10.2. The SMILES string of the molecule is Cc1ccc(Br)cc1NC(=O)CCNC(=O)[C@@H](C)N.Cl. The zero-order valence-electron chi connectivity index (χ0n) is 11.4. The van der Waals surface area contributed by atoms with E-state index in [1.54, 1.807) is 6.92 Å². The summed E-state index contributed by atoms with van der Waals surface area (Å²) in [4.78, 5) is 22.9. The van der Waals surface area contributed by atoms with Crippen molar-refractivity contribution in [3.63, 3.8) is 0 Å². The van der Waals surface area contributed by atoms with Crippen molar-refractivity contribution in [1.82, 2.24) is 5.32 Å². The fraction of sp³-hybridized carbons (Fsp3) is 0.385. The lowest BCUT2D eigenvalue weighted by Gasteiger charge is -2.10. The number of hydrogen-bond donors (Lipinski definition) is 3. The van der Waals surface area contributed by atoms with E-state index in [1.807, 2.05) is 25.1 Å². The number of amides is 2. The summed E-state index contributed by atoms with van der Waals surface area (Å²) in [5.41, 5.74) is 7.14. The first-order valence-corrected chi connectivity index (χ1v) is 6.78. The maximum atomic E-state index is 11.7. The van der Waals surface area contributed by atoms with Crippen molar-refractivity contribution in [1.29, 1.82) is 0 Å². The van der Waals surface area contributed by atoms with Crippen molar-refractivity contribution >= 4 is 45.8 Å². The third-order valence-electron chi connectivity index (χ3n) is 2.54. The summed E-state index contributed by atoms with van der Waals surface area (Å²) < 4.78 is 0.902. The zero-order chi connectivity index (χ0) is 14.4. The van der Waals surface area contributed by atoms with Gasteiger partial charge in [0.15, 0.2) is 0 Å². The highest BCUT2D eigenvalue weighted by Gasteiger charge is 2.08. The highest BCUT2D eigenvalue weighted by atomic mass is 79.9. The van der Waals surface area contributed by atoms with Crippen LogP contribution in [0.25, 0.3) is 0 Å². The molecule has 1 rings (SSSR count). The predicted octanol–water partition coefficient (Wildman–Crippen LogP) is 1.97. The fourth-order valence-corrected chi connectivity index (χ4v) is 1.76. The van der Waals surface area contributed by atoms with E-state index in [0.29, 0.717) is 0 Å². The third-order valence-corrected chi connectivity index (χ3v) is 3.03. The smallest absolute Gasteiger partial charge is 0.236 e. The van der Waals surface area contributed by atoms with Gasteiger partial charge >= 0.3 is 0 Å². The Morgan fingerprint density at radius 1 is 1.40 bits per heavy atom. The van der Waals surface area contributed by atoms with Crippen molar-refractivity contribution in [2.45, 2.75) is 26.3 Å².